The monoisotopic (exact) mass is 272 g/mol. The van der Waals surface area contributed by atoms with Gasteiger partial charge in [-0.3, -0.25) is 4.68 Å². The van der Waals surface area contributed by atoms with Gasteiger partial charge in [0.05, 0.1) is 0 Å². The molecule has 1 aromatic rings. The Labute approximate surface area is 108 Å². The predicted molar refractivity (Wildman–Crippen MR) is 69.4 cm³/mol. The third-order valence-corrected chi connectivity index (χ3v) is 4.94. The van der Waals surface area contributed by atoms with E-state index in [2.05, 4.69) is 23.7 Å². The Morgan fingerprint density at radius 1 is 1.56 bits per heavy atom. The van der Waals surface area contributed by atoms with Crippen molar-refractivity contribution in [2.24, 2.45) is 12.5 Å². The molecule has 0 saturated heterocycles. The van der Waals surface area contributed by atoms with E-state index >= 15 is 0 Å². The first-order chi connectivity index (χ1) is 8.20. The van der Waals surface area contributed by atoms with Gasteiger partial charge in [0, 0.05) is 19.3 Å². The van der Waals surface area contributed by atoms with Crippen LogP contribution in [0.4, 0.5) is 5.82 Å². The average Bonchev–Trinajstić information content (AvgIpc) is 2.69. The molecule has 0 bridgehead atoms. The van der Waals surface area contributed by atoms with Crippen LogP contribution in [0.5, 0.6) is 0 Å². The summed E-state index contributed by atoms with van der Waals surface area (Å²) >= 11 is 0. The van der Waals surface area contributed by atoms with Crippen molar-refractivity contribution >= 4 is 15.8 Å². The maximum atomic E-state index is 12.2. The number of anilines is 1. The van der Waals surface area contributed by atoms with Crippen LogP contribution in [-0.4, -0.2) is 24.2 Å². The number of aryl methyl sites for hydroxylation is 1. The predicted octanol–water partition coefficient (Wildman–Crippen LogP) is 0.859. The van der Waals surface area contributed by atoms with Crippen molar-refractivity contribution in [2.45, 2.75) is 44.0 Å². The molecule has 1 aromatic heterocycles. The highest BCUT2D eigenvalue weighted by Crippen LogP contribution is 2.37. The van der Waals surface area contributed by atoms with Gasteiger partial charge in [0.25, 0.3) is 0 Å². The van der Waals surface area contributed by atoms with Crippen LogP contribution in [0.3, 0.4) is 0 Å². The molecule has 0 aromatic carbocycles. The molecule has 18 heavy (non-hydrogen) atoms. The SMILES string of the molecule is Cn1cc(S(=O)(=O)NC2CCC(C)(C)C2)c(N)n1. The first kappa shape index (κ1) is 13.4. The van der Waals surface area contributed by atoms with E-state index in [9.17, 15) is 8.42 Å². The molecule has 1 aliphatic rings. The zero-order valence-corrected chi connectivity index (χ0v) is 11.8. The third-order valence-electron chi connectivity index (χ3n) is 3.40. The summed E-state index contributed by atoms with van der Waals surface area (Å²) in [5.41, 5.74) is 5.81. The minimum Gasteiger partial charge on any atom is -0.381 e. The third kappa shape index (κ3) is 2.67. The van der Waals surface area contributed by atoms with Crippen LogP contribution < -0.4 is 10.5 Å². The van der Waals surface area contributed by atoms with Crippen molar-refractivity contribution in [3.8, 4) is 0 Å². The lowest BCUT2D eigenvalue weighted by atomic mass is 9.92. The van der Waals surface area contributed by atoms with Gasteiger partial charge in [-0.2, -0.15) is 5.10 Å². The summed E-state index contributed by atoms with van der Waals surface area (Å²) in [5.74, 6) is 0.0438. The average molecular weight is 272 g/mol. The topological polar surface area (TPSA) is 90.0 Å². The van der Waals surface area contributed by atoms with Crippen LogP contribution >= 0.6 is 0 Å². The smallest absolute Gasteiger partial charge is 0.246 e. The van der Waals surface area contributed by atoms with E-state index in [4.69, 9.17) is 5.73 Å². The quantitative estimate of drug-likeness (QED) is 0.854. The number of nitrogens with two attached hydrogens (primary N) is 1. The summed E-state index contributed by atoms with van der Waals surface area (Å²) < 4.78 is 28.5. The lowest BCUT2D eigenvalue weighted by molar-refractivity contribution is 0.372. The van der Waals surface area contributed by atoms with Crippen LogP contribution in [0.1, 0.15) is 33.1 Å². The molecule has 1 aliphatic carbocycles. The van der Waals surface area contributed by atoms with Gasteiger partial charge in [-0.1, -0.05) is 13.8 Å². The lowest BCUT2D eigenvalue weighted by Gasteiger charge is -2.17. The van der Waals surface area contributed by atoms with E-state index in [1.807, 2.05) is 0 Å². The Kier molecular flexibility index (Phi) is 3.14. The molecule has 0 radical (unpaired) electrons. The number of hydrogen-bond donors (Lipinski definition) is 2. The summed E-state index contributed by atoms with van der Waals surface area (Å²) in [4.78, 5) is 0.0645. The first-order valence-corrected chi connectivity index (χ1v) is 7.49. The minimum atomic E-state index is -3.56. The van der Waals surface area contributed by atoms with E-state index in [1.54, 1.807) is 7.05 Å². The van der Waals surface area contributed by atoms with E-state index in [1.165, 1.54) is 10.9 Å². The fraction of sp³-hybridized carbons (Fsp3) is 0.727. The molecule has 1 atom stereocenters. The molecule has 1 fully saturated rings. The van der Waals surface area contributed by atoms with Gasteiger partial charge in [0.1, 0.15) is 4.90 Å². The standard InChI is InChI=1S/C11H20N4O2S/c1-11(2)5-4-8(6-11)14-18(16,17)9-7-15(3)13-10(9)12/h7-8,14H,4-6H2,1-3H3,(H2,12,13). The van der Waals surface area contributed by atoms with E-state index in [0.717, 1.165) is 19.3 Å². The maximum Gasteiger partial charge on any atom is 0.246 e. The lowest BCUT2D eigenvalue weighted by Crippen LogP contribution is -2.33. The highest BCUT2D eigenvalue weighted by molar-refractivity contribution is 7.89. The number of nitrogen functional groups attached to an aromatic ring is 1. The number of nitrogens with one attached hydrogen (secondary N) is 1. The molecule has 0 amide bonds. The molecule has 7 heteroatoms. The van der Waals surface area contributed by atoms with Gasteiger partial charge in [-0.05, 0) is 24.7 Å². The number of sulfonamides is 1. The molecule has 1 unspecified atom stereocenters. The zero-order chi connectivity index (χ0) is 13.6. The van der Waals surface area contributed by atoms with Crippen molar-refractivity contribution in [3.63, 3.8) is 0 Å². The highest BCUT2D eigenvalue weighted by Gasteiger charge is 2.34. The molecule has 102 valence electrons. The fourth-order valence-corrected chi connectivity index (χ4v) is 3.89. The van der Waals surface area contributed by atoms with Gasteiger partial charge >= 0.3 is 0 Å². The summed E-state index contributed by atoms with van der Waals surface area (Å²) in [5, 5.41) is 3.86. The molecule has 6 nitrogen and oxygen atoms in total. The molecular formula is C11H20N4O2S. The van der Waals surface area contributed by atoms with E-state index < -0.39 is 10.0 Å². The van der Waals surface area contributed by atoms with Crippen molar-refractivity contribution in [2.75, 3.05) is 5.73 Å². The number of aromatic nitrogens is 2. The van der Waals surface area contributed by atoms with E-state index in [-0.39, 0.29) is 22.2 Å². The fourth-order valence-electron chi connectivity index (χ4n) is 2.51. The highest BCUT2D eigenvalue weighted by atomic mass is 32.2. The normalized spacial score (nSPS) is 23.4. The molecular weight excluding hydrogens is 252 g/mol. The molecule has 1 saturated carbocycles. The van der Waals surface area contributed by atoms with Crippen molar-refractivity contribution in [3.05, 3.63) is 6.20 Å². The Morgan fingerprint density at radius 3 is 2.67 bits per heavy atom. The van der Waals surface area contributed by atoms with Crippen LogP contribution in [-0.2, 0) is 17.1 Å². The number of rotatable bonds is 3. The maximum absolute atomic E-state index is 12.2. The summed E-state index contributed by atoms with van der Waals surface area (Å²) in [7, 11) is -1.92. The molecule has 3 N–H and O–H groups in total. The van der Waals surface area contributed by atoms with Crippen molar-refractivity contribution in [1.82, 2.24) is 14.5 Å². The summed E-state index contributed by atoms with van der Waals surface area (Å²) in [6.07, 6.45) is 4.18. The van der Waals surface area contributed by atoms with Crippen molar-refractivity contribution < 1.29 is 8.42 Å². The largest absolute Gasteiger partial charge is 0.381 e. The Balaban J connectivity index is 2.16. The van der Waals surface area contributed by atoms with Gasteiger partial charge in [-0.15, -0.1) is 0 Å². The molecule has 0 spiro atoms. The van der Waals surface area contributed by atoms with Gasteiger partial charge < -0.3 is 5.73 Å². The Hall–Kier alpha value is -1.08. The summed E-state index contributed by atoms with van der Waals surface area (Å²) in [6.45, 7) is 4.31. The van der Waals surface area contributed by atoms with Crippen molar-refractivity contribution in [1.29, 1.82) is 0 Å². The van der Waals surface area contributed by atoms with Gasteiger partial charge in [-0.25, -0.2) is 13.1 Å². The number of hydrogen-bond acceptors (Lipinski definition) is 4. The van der Waals surface area contributed by atoms with Gasteiger partial charge in [0.2, 0.25) is 10.0 Å². The Morgan fingerprint density at radius 2 is 2.22 bits per heavy atom. The van der Waals surface area contributed by atoms with Crippen LogP contribution in [0, 0.1) is 5.41 Å². The molecule has 2 rings (SSSR count). The number of nitrogens with zero attached hydrogens (tertiary/aromatic N) is 2. The zero-order valence-electron chi connectivity index (χ0n) is 11.0. The van der Waals surface area contributed by atoms with Crippen LogP contribution in [0.15, 0.2) is 11.1 Å². The second-order valence-corrected chi connectivity index (χ2v) is 7.46. The second-order valence-electron chi connectivity index (χ2n) is 5.78. The van der Waals surface area contributed by atoms with Gasteiger partial charge in [0.15, 0.2) is 5.82 Å². The molecule has 1 heterocycles. The van der Waals surface area contributed by atoms with Crippen LogP contribution in [0.2, 0.25) is 0 Å². The summed E-state index contributed by atoms with van der Waals surface area (Å²) in [6, 6.07) is -0.00962. The van der Waals surface area contributed by atoms with Crippen LogP contribution in [0.25, 0.3) is 0 Å². The molecule has 0 aliphatic heterocycles. The minimum absolute atomic E-state index is 0.00962. The second kappa shape index (κ2) is 4.24. The Bertz CT molecular complexity index is 547. The first-order valence-electron chi connectivity index (χ1n) is 6.01. The van der Waals surface area contributed by atoms with E-state index in [0.29, 0.717) is 0 Å².